The molecule has 1 aromatic rings. The van der Waals surface area contributed by atoms with Gasteiger partial charge in [-0.3, -0.25) is 4.90 Å². The van der Waals surface area contributed by atoms with Crippen LogP contribution in [0.2, 0.25) is 0 Å². The Morgan fingerprint density at radius 1 is 1.44 bits per heavy atom. The van der Waals surface area contributed by atoms with Crippen LogP contribution in [0.4, 0.5) is 4.39 Å². The first-order valence-electron chi connectivity index (χ1n) is 11.8. The minimum atomic E-state index is -3.69. The molecule has 1 aliphatic heterocycles. The van der Waals surface area contributed by atoms with Gasteiger partial charge in [0.05, 0.1) is 22.7 Å². The maximum absolute atomic E-state index is 15.6. The standard InChI is InChI=1S/C15H22FNO/c1-15(2,3)13-6-4-5-12(14(13)16)11-17-7-9-18-10-8-17/h4-6H,7-11H2,1-3H3/i4D,5D,6D,7D2,8D2,9D2,10D2,11D2. The van der Waals surface area contributed by atoms with Crippen LogP contribution in [-0.4, -0.2) is 31.0 Å². The van der Waals surface area contributed by atoms with Gasteiger partial charge in [-0.05, 0) is 11.0 Å². The Morgan fingerprint density at radius 2 is 2.11 bits per heavy atom. The average Bonchev–Trinajstić information content (AvgIpc) is 2.47. The van der Waals surface area contributed by atoms with Crippen molar-refractivity contribution in [3.05, 3.63) is 35.1 Å². The summed E-state index contributed by atoms with van der Waals surface area (Å²) in [6.45, 7) is -13.9. The molecule has 0 unspecified atom stereocenters. The first kappa shape index (κ1) is 4.57. The van der Waals surface area contributed by atoms with Gasteiger partial charge in [0.1, 0.15) is 5.82 Å². The summed E-state index contributed by atoms with van der Waals surface area (Å²) >= 11 is 0. The van der Waals surface area contributed by atoms with Gasteiger partial charge in [-0.25, -0.2) is 4.39 Å². The van der Waals surface area contributed by atoms with Crippen LogP contribution in [0.25, 0.3) is 0 Å². The maximum Gasteiger partial charge on any atom is 0.131 e. The SMILES string of the molecule is [2H]c1c([2H])c(C(C)(C)C)c(F)c(C([2H])([2H])N2C([2H])([2H])C([2H])([2H])OC([2H])([2H])C2([2H])[2H])c1[2H]. The number of benzene rings is 1. The zero-order valence-corrected chi connectivity index (χ0v) is 10.2. The number of rotatable bonds is 2. The third kappa shape index (κ3) is 3.09. The monoisotopic (exact) mass is 264 g/mol. The third-order valence-corrected chi connectivity index (χ3v) is 2.20. The smallest absolute Gasteiger partial charge is 0.131 e. The normalized spacial score (nSPS) is 40.6. The van der Waals surface area contributed by atoms with Gasteiger partial charge in [0.2, 0.25) is 0 Å². The first-order chi connectivity index (χ1) is 13.5. The van der Waals surface area contributed by atoms with Gasteiger partial charge in [0.25, 0.3) is 0 Å². The fourth-order valence-corrected chi connectivity index (χ4v) is 1.34. The fraction of sp³-hybridized carbons (Fsp3) is 0.600. The zero-order valence-electron chi connectivity index (χ0n) is 23.2. The summed E-state index contributed by atoms with van der Waals surface area (Å²) in [5, 5.41) is 0. The van der Waals surface area contributed by atoms with Gasteiger partial charge in [0.15, 0.2) is 0 Å². The van der Waals surface area contributed by atoms with Gasteiger partial charge < -0.3 is 4.74 Å². The molecule has 0 amide bonds. The predicted molar refractivity (Wildman–Crippen MR) is 71.2 cm³/mol. The van der Waals surface area contributed by atoms with Crippen LogP contribution in [0.15, 0.2) is 18.1 Å². The molecule has 0 atom stereocenters. The van der Waals surface area contributed by atoms with E-state index < -0.39 is 78.0 Å². The summed E-state index contributed by atoms with van der Waals surface area (Å²) in [7, 11) is 0. The summed E-state index contributed by atoms with van der Waals surface area (Å²) in [5.41, 5.74) is -2.95. The van der Waals surface area contributed by atoms with Crippen LogP contribution in [0.3, 0.4) is 0 Å². The highest BCUT2D eigenvalue weighted by Crippen LogP contribution is 2.27. The van der Waals surface area contributed by atoms with Crippen molar-refractivity contribution in [3.63, 3.8) is 0 Å². The van der Waals surface area contributed by atoms with E-state index in [0.717, 1.165) is 0 Å². The highest BCUT2D eigenvalue weighted by atomic mass is 19.1. The van der Waals surface area contributed by atoms with Gasteiger partial charge in [-0.1, -0.05) is 38.9 Å². The number of hydrogen-bond donors (Lipinski definition) is 0. The molecule has 0 aromatic heterocycles. The molecular weight excluding hydrogens is 229 g/mol. The van der Waals surface area contributed by atoms with Crippen LogP contribution >= 0.6 is 0 Å². The summed E-state index contributed by atoms with van der Waals surface area (Å²) < 4.78 is 124. The molecule has 1 aliphatic rings. The van der Waals surface area contributed by atoms with Crippen molar-refractivity contribution in [2.24, 2.45) is 0 Å². The molecule has 2 rings (SSSR count). The largest absolute Gasteiger partial charge is 0.379 e. The second kappa shape index (κ2) is 5.37. The van der Waals surface area contributed by atoms with E-state index >= 15 is 4.39 Å². The van der Waals surface area contributed by atoms with Crippen LogP contribution in [0.5, 0.6) is 0 Å². The van der Waals surface area contributed by atoms with Crippen molar-refractivity contribution < 1.29 is 26.9 Å². The molecule has 3 heteroatoms. The summed E-state index contributed by atoms with van der Waals surface area (Å²) in [6.07, 6.45) is 0. The maximum atomic E-state index is 15.6. The first-order valence-corrected chi connectivity index (χ1v) is 5.27. The summed E-state index contributed by atoms with van der Waals surface area (Å²) in [6, 6.07) is -2.77. The Labute approximate surface area is 127 Å². The molecule has 2 nitrogen and oxygen atoms in total. The zero-order chi connectivity index (χ0) is 24.7. The van der Waals surface area contributed by atoms with E-state index in [9.17, 15) is 0 Å². The van der Waals surface area contributed by atoms with Crippen LogP contribution < -0.4 is 0 Å². The van der Waals surface area contributed by atoms with Gasteiger partial charge in [-0.15, -0.1) is 0 Å². The lowest BCUT2D eigenvalue weighted by molar-refractivity contribution is 0.0337. The van der Waals surface area contributed by atoms with Gasteiger partial charge in [-0.2, -0.15) is 0 Å². The van der Waals surface area contributed by atoms with E-state index in [-0.39, 0.29) is 0 Å². The van der Waals surface area contributed by atoms with Crippen LogP contribution in [0.1, 0.15) is 49.7 Å². The number of nitrogens with zero attached hydrogens (tertiary/aromatic N) is 1. The molecule has 1 saturated heterocycles. The van der Waals surface area contributed by atoms with E-state index in [2.05, 4.69) is 4.74 Å². The van der Waals surface area contributed by atoms with Gasteiger partial charge >= 0.3 is 0 Å². The molecule has 1 heterocycles. The van der Waals surface area contributed by atoms with Crippen molar-refractivity contribution >= 4 is 0 Å². The van der Waals surface area contributed by atoms with Crippen molar-refractivity contribution in [1.29, 1.82) is 0 Å². The van der Waals surface area contributed by atoms with Gasteiger partial charge in [0, 0.05) is 33.3 Å². The highest BCUT2D eigenvalue weighted by molar-refractivity contribution is 5.30. The minimum absolute atomic E-state index is 0.479. The topological polar surface area (TPSA) is 12.5 Å². The van der Waals surface area contributed by atoms with Crippen molar-refractivity contribution in [2.45, 2.75) is 32.7 Å². The Hall–Kier alpha value is -0.930. The number of hydrogen-bond acceptors (Lipinski definition) is 2. The third-order valence-electron chi connectivity index (χ3n) is 2.20. The van der Waals surface area contributed by atoms with Crippen molar-refractivity contribution in [2.75, 3.05) is 26.1 Å². The average molecular weight is 264 g/mol. The Bertz CT molecular complexity index is 883. The van der Waals surface area contributed by atoms with Crippen molar-refractivity contribution in [1.82, 2.24) is 4.90 Å². The molecule has 0 bridgehead atoms. The number of morpholine rings is 1. The number of halogens is 1. The molecule has 0 spiro atoms. The summed E-state index contributed by atoms with van der Waals surface area (Å²) in [5.74, 6) is -1.50. The lowest BCUT2D eigenvalue weighted by Crippen LogP contribution is -2.36. The summed E-state index contributed by atoms with van der Waals surface area (Å²) in [4.78, 5) is -0.484. The van der Waals surface area contributed by atoms with E-state index in [0.29, 0.717) is 0 Å². The molecule has 18 heavy (non-hydrogen) atoms. The lowest BCUT2D eigenvalue weighted by Gasteiger charge is -2.28. The minimum Gasteiger partial charge on any atom is -0.379 e. The molecule has 0 radical (unpaired) electrons. The molecule has 1 fully saturated rings. The molecule has 100 valence electrons. The van der Waals surface area contributed by atoms with E-state index in [4.69, 9.17) is 17.8 Å². The molecule has 0 N–H and O–H groups in total. The molecule has 0 aliphatic carbocycles. The van der Waals surface area contributed by atoms with E-state index in [1.807, 2.05) is 0 Å². The Balaban J connectivity index is 2.99. The number of ether oxygens (including phenoxy) is 1. The Morgan fingerprint density at radius 3 is 2.72 bits per heavy atom. The lowest BCUT2D eigenvalue weighted by atomic mass is 9.85. The van der Waals surface area contributed by atoms with Crippen molar-refractivity contribution in [3.8, 4) is 0 Å². The van der Waals surface area contributed by atoms with Crippen LogP contribution in [0, 0.1) is 5.82 Å². The molecular formula is C15H22FNO. The predicted octanol–water partition coefficient (Wildman–Crippen LogP) is 2.96. The highest BCUT2D eigenvalue weighted by Gasteiger charge is 2.21. The van der Waals surface area contributed by atoms with E-state index in [1.165, 1.54) is 20.8 Å². The van der Waals surface area contributed by atoms with Crippen LogP contribution in [-0.2, 0) is 16.6 Å². The fourth-order valence-electron chi connectivity index (χ4n) is 1.34. The molecule has 1 aromatic carbocycles. The second-order valence-electron chi connectivity index (χ2n) is 4.67. The Kier molecular flexibility index (Phi) is 1.36. The second-order valence-corrected chi connectivity index (χ2v) is 4.67. The van der Waals surface area contributed by atoms with E-state index in [1.54, 1.807) is 0 Å². The quantitative estimate of drug-likeness (QED) is 0.814. The molecule has 0 saturated carbocycles.